The van der Waals surface area contributed by atoms with Crippen molar-refractivity contribution in [2.24, 2.45) is 17.3 Å². The number of nitrogens with one attached hydrogen (secondary N) is 1. The lowest BCUT2D eigenvalue weighted by atomic mass is 9.88. The molecule has 0 radical (unpaired) electrons. The van der Waals surface area contributed by atoms with E-state index in [2.05, 4.69) is 49.9 Å². The van der Waals surface area contributed by atoms with Crippen molar-refractivity contribution in [2.75, 3.05) is 13.2 Å². The van der Waals surface area contributed by atoms with Gasteiger partial charge in [-0.15, -0.1) is 0 Å². The molecule has 0 spiro atoms. The van der Waals surface area contributed by atoms with Crippen LogP contribution in [0.15, 0.2) is 12.3 Å². The van der Waals surface area contributed by atoms with E-state index >= 15 is 0 Å². The maximum atomic E-state index is 10.3. The molecule has 1 aromatic rings. The van der Waals surface area contributed by atoms with Gasteiger partial charge in [-0.05, 0) is 30.2 Å². The molecule has 1 aliphatic rings. The Labute approximate surface area is 145 Å². The number of hydrogen-bond donors (Lipinski definition) is 3. The van der Waals surface area contributed by atoms with Gasteiger partial charge in [0.15, 0.2) is 0 Å². The molecule has 136 valence electrons. The van der Waals surface area contributed by atoms with E-state index in [0.29, 0.717) is 12.3 Å². The molecule has 4 atom stereocenters. The molecular weight excluding hydrogens is 302 g/mol. The molecule has 2 rings (SSSR count). The van der Waals surface area contributed by atoms with Gasteiger partial charge in [-0.25, -0.2) is 9.97 Å². The highest BCUT2D eigenvalue weighted by atomic mass is 16.3. The number of aromatic nitrogens is 2. The highest BCUT2D eigenvalue weighted by molar-refractivity contribution is 5.09. The van der Waals surface area contributed by atoms with E-state index in [1.54, 1.807) is 0 Å². The molecule has 0 unspecified atom stereocenters. The zero-order chi connectivity index (χ0) is 17.9. The SMILES string of the molecule is CC(C)c1nccc(C[C@@H]2[C@@H](CO)[C@H](O)C[C@H]2NCC(C)(C)C)n1. The van der Waals surface area contributed by atoms with Crippen LogP contribution in [-0.2, 0) is 6.42 Å². The van der Waals surface area contributed by atoms with Crippen molar-refractivity contribution >= 4 is 0 Å². The average Bonchev–Trinajstić information content (AvgIpc) is 2.80. The molecule has 5 heteroatoms. The highest BCUT2D eigenvalue weighted by Gasteiger charge is 2.42. The van der Waals surface area contributed by atoms with Gasteiger partial charge in [0.2, 0.25) is 0 Å². The van der Waals surface area contributed by atoms with Crippen LogP contribution < -0.4 is 5.32 Å². The molecule has 0 aromatic carbocycles. The topological polar surface area (TPSA) is 78.3 Å². The lowest BCUT2D eigenvalue weighted by Crippen LogP contribution is -2.40. The van der Waals surface area contributed by atoms with Gasteiger partial charge >= 0.3 is 0 Å². The fraction of sp³-hybridized carbons (Fsp3) is 0.789. The molecule has 1 fully saturated rings. The zero-order valence-corrected chi connectivity index (χ0v) is 15.7. The van der Waals surface area contributed by atoms with Crippen molar-refractivity contribution < 1.29 is 10.2 Å². The van der Waals surface area contributed by atoms with E-state index in [0.717, 1.165) is 24.5 Å². The number of aliphatic hydroxyl groups is 2. The van der Waals surface area contributed by atoms with E-state index in [9.17, 15) is 10.2 Å². The summed E-state index contributed by atoms with van der Waals surface area (Å²) in [6, 6.07) is 2.15. The van der Waals surface area contributed by atoms with Gasteiger partial charge < -0.3 is 15.5 Å². The molecule has 1 aliphatic carbocycles. The highest BCUT2D eigenvalue weighted by Crippen LogP contribution is 2.35. The van der Waals surface area contributed by atoms with Crippen LogP contribution in [0.3, 0.4) is 0 Å². The van der Waals surface area contributed by atoms with Gasteiger partial charge in [-0.1, -0.05) is 34.6 Å². The fourth-order valence-corrected chi connectivity index (χ4v) is 3.46. The van der Waals surface area contributed by atoms with E-state index < -0.39 is 6.10 Å². The molecule has 0 aliphatic heterocycles. The maximum Gasteiger partial charge on any atom is 0.131 e. The van der Waals surface area contributed by atoms with Gasteiger partial charge in [0, 0.05) is 42.9 Å². The molecule has 1 heterocycles. The second kappa shape index (κ2) is 7.89. The van der Waals surface area contributed by atoms with Gasteiger partial charge in [0.05, 0.1) is 6.10 Å². The summed E-state index contributed by atoms with van der Waals surface area (Å²) in [6.07, 6.45) is 2.80. The first-order valence-electron chi connectivity index (χ1n) is 9.05. The smallest absolute Gasteiger partial charge is 0.131 e. The summed E-state index contributed by atoms with van der Waals surface area (Å²) in [5.74, 6) is 1.23. The molecule has 0 amide bonds. The van der Waals surface area contributed by atoms with Crippen molar-refractivity contribution in [3.63, 3.8) is 0 Å². The standard InChI is InChI=1S/C19H33N3O2/c1-12(2)18-20-7-6-13(22-18)8-14-15(10-23)17(24)9-16(14)21-11-19(3,4)5/h6-7,12,14-17,21,23-24H,8-11H2,1-5H3/t14-,15-,16-,17-/m1/s1. The van der Waals surface area contributed by atoms with Gasteiger partial charge in [0.1, 0.15) is 5.82 Å². The fourth-order valence-electron chi connectivity index (χ4n) is 3.46. The van der Waals surface area contributed by atoms with Crippen LogP contribution in [0.1, 0.15) is 58.5 Å². The Morgan fingerprint density at radius 2 is 2.00 bits per heavy atom. The zero-order valence-electron chi connectivity index (χ0n) is 15.7. The summed E-state index contributed by atoms with van der Waals surface area (Å²) >= 11 is 0. The van der Waals surface area contributed by atoms with Crippen molar-refractivity contribution in [2.45, 2.75) is 65.5 Å². The van der Waals surface area contributed by atoms with Crippen LogP contribution in [0.25, 0.3) is 0 Å². The van der Waals surface area contributed by atoms with E-state index in [1.165, 1.54) is 0 Å². The van der Waals surface area contributed by atoms with Crippen LogP contribution in [0.2, 0.25) is 0 Å². The Balaban J connectivity index is 2.14. The van der Waals surface area contributed by atoms with Crippen LogP contribution in [-0.4, -0.2) is 45.5 Å². The third-order valence-corrected chi connectivity index (χ3v) is 4.85. The largest absolute Gasteiger partial charge is 0.396 e. The second-order valence-corrected chi connectivity index (χ2v) is 8.63. The molecule has 24 heavy (non-hydrogen) atoms. The van der Waals surface area contributed by atoms with Crippen LogP contribution >= 0.6 is 0 Å². The molecule has 0 saturated heterocycles. The molecule has 1 aromatic heterocycles. The Morgan fingerprint density at radius 1 is 1.29 bits per heavy atom. The van der Waals surface area contributed by atoms with Crippen LogP contribution in [0, 0.1) is 17.3 Å². The summed E-state index contributed by atoms with van der Waals surface area (Å²) in [6.45, 7) is 11.7. The van der Waals surface area contributed by atoms with Gasteiger partial charge in [-0.3, -0.25) is 0 Å². The molecular formula is C19H33N3O2. The quantitative estimate of drug-likeness (QED) is 0.742. The Kier molecular flexibility index (Phi) is 6.34. The maximum absolute atomic E-state index is 10.3. The predicted molar refractivity (Wildman–Crippen MR) is 95.8 cm³/mol. The van der Waals surface area contributed by atoms with Crippen LogP contribution in [0.5, 0.6) is 0 Å². The van der Waals surface area contributed by atoms with Crippen LogP contribution in [0.4, 0.5) is 0 Å². The van der Waals surface area contributed by atoms with Crippen molar-refractivity contribution in [1.82, 2.24) is 15.3 Å². The first kappa shape index (κ1) is 19.3. The molecule has 5 nitrogen and oxygen atoms in total. The molecule has 3 N–H and O–H groups in total. The summed E-state index contributed by atoms with van der Waals surface area (Å²) < 4.78 is 0. The van der Waals surface area contributed by atoms with Crippen molar-refractivity contribution in [3.8, 4) is 0 Å². The Morgan fingerprint density at radius 3 is 2.58 bits per heavy atom. The van der Waals surface area contributed by atoms with Crippen molar-refractivity contribution in [1.29, 1.82) is 0 Å². The lowest BCUT2D eigenvalue weighted by molar-refractivity contribution is 0.0715. The second-order valence-electron chi connectivity index (χ2n) is 8.63. The lowest BCUT2D eigenvalue weighted by Gasteiger charge is -2.28. The van der Waals surface area contributed by atoms with E-state index in [-0.39, 0.29) is 29.9 Å². The molecule has 1 saturated carbocycles. The third kappa shape index (κ3) is 4.98. The van der Waals surface area contributed by atoms with Gasteiger partial charge in [0.25, 0.3) is 0 Å². The predicted octanol–water partition coefficient (Wildman–Crippen LogP) is 2.14. The summed E-state index contributed by atoms with van der Waals surface area (Å²) in [5.41, 5.74) is 1.18. The number of nitrogens with zero attached hydrogens (tertiary/aromatic N) is 2. The average molecular weight is 335 g/mol. The van der Waals surface area contributed by atoms with Gasteiger partial charge in [-0.2, -0.15) is 0 Å². The summed E-state index contributed by atoms with van der Waals surface area (Å²) in [5, 5.41) is 23.7. The molecule has 0 bridgehead atoms. The van der Waals surface area contributed by atoms with E-state index in [1.807, 2.05) is 12.3 Å². The minimum Gasteiger partial charge on any atom is -0.396 e. The Bertz CT molecular complexity index is 528. The third-order valence-electron chi connectivity index (χ3n) is 4.85. The first-order valence-corrected chi connectivity index (χ1v) is 9.05. The normalized spacial score (nSPS) is 27.8. The monoisotopic (exact) mass is 335 g/mol. The van der Waals surface area contributed by atoms with Crippen molar-refractivity contribution in [3.05, 3.63) is 23.8 Å². The minimum atomic E-state index is -0.455. The first-order chi connectivity index (χ1) is 11.2. The summed E-state index contributed by atoms with van der Waals surface area (Å²) in [7, 11) is 0. The summed E-state index contributed by atoms with van der Waals surface area (Å²) in [4.78, 5) is 9.00. The Hall–Kier alpha value is -1.04. The number of rotatable bonds is 6. The number of aliphatic hydroxyl groups excluding tert-OH is 2. The number of hydrogen-bond acceptors (Lipinski definition) is 5. The minimum absolute atomic E-state index is 0.0155. The van der Waals surface area contributed by atoms with E-state index in [4.69, 9.17) is 0 Å².